The van der Waals surface area contributed by atoms with Crippen molar-refractivity contribution < 1.29 is 88.6 Å². The molecule has 0 fully saturated rings. The summed E-state index contributed by atoms with van der Waals surface area (Å²) in [5.74, 6) is -4.84. The van der Waals surface area contributed by atoms with E-state index in [1.54, 1.807) is 6.07 Å². The molecule has 378 valence electrons. The Morgan fingerprint density at radius 2 is 1.28 bits per heavy atom. The Balaban J connectivity index is 1.44. The molecular weight excluding hydrogens is 1050 g/mol. The summed E-state index contributed by atoms with van der Waals surface area (Å²) in [4.78, 5) is 9.08. The van der Waals surface area contributed by atoms with Gasteiger partial charge in [-0.25, -0.2) is 12.6 Å². The van der Waals surface area contributed by atoms with E-state index in [9.17, 15) is 66.0 Å². The fraction of sp³-hybridized carbons (Fsp3) is 0.162. The number of phenols is 2. The molecule has 0 aliphatic heterocycles. The molecular formula is C37H34FN9O19S5. The number of halogens is 1. The van der Waals surface area contributed by atoms with E-state index in [1.807, 2.05) is 0 Å². The maximum absolute atomic E-state index is 15.2. The number of aromatic hydroxyl groups is 2. The molecule has 1 aromatic heterocycles. The summed E-state index contributed by atoms with van der Waals surface area (Å²) in [5.41, 5.74) is -2.70. The van der Waals surface area contributed by atoms with Crippen LogP contribution in [0.4, 0.5) is 50.4 Å². The van der Waals surface area contributed by atoms with E-state index in [0.29, 0.717) is 6.07 Å². The van der Waals surface area contributed by atoms with Crippen molar-refractivity contribution in [1.82, 2.24) is 15.0 Å². The van der Waals surface area contributed by atoms with Crippen molar-refractivity contribution in [2.24, 2.45) is 20.5 Å². The smallest absolute Gasteiger partial charge is 0.397 e. The highest BCUT2D eigenvalue weighted by Gasteiger charge is 2.29. The average Bonchev–Trinajstić information content (AvgIpc) is 3.26. The van der Waals surface area contributed by atoms with Crippen molar-refractivity contribution in [2.45, 2.75) is 14.7 Å². The van der Waals surface area contributed by atoms with Gasteiger partial charge in [0.1, 0.15) is 38.3 Å². The third kappa shape index (κ3) is 13.2. The summed E-state index contributed by atoms with van der Waals surface area (Å²) in [6.07, 6.45) is -1.53. The zero-order valence-electron chi connectivity index (χ0n) is 35.8. The van der Waals surface area contributed by atoms with Crippen LogP contribution >= 0.6 is 0 Å². The van der Waals surface area contributed by atoms with E-state index >= 15 is 4.39 Å². The lowest BCUT2D eigenvalue weighted by Crippen LogP contribution is -2.29. The van der Waals surface area contributed by atoms with Crippen LogP contribution in [-0.4, -0.2) is 124 Å². The van der Waals surface area contributed by atoms with Gasteiger partial charge in [-0.1, -0.05) is 18.2 Å². The number of sulfone groups is 1. The number of hydrogen-bond acceptors (Lipinski definition) is 24. The number of hydrogen-bond donors (Lipinski definition) is 7. The number of benzene rings is 5. The maximum Gasteiger partial charge on any atom is 0.397 e. The van der Waals surface area contributed by atoms with E-state index in [-0.39, 0.29) is 28.6 Å². The predicted molar refractivity (Wildman–Crippen MR) is 244 cm³/mol. The minimum Gasteiger partial charge on any atom is -0.506 e. The van der Waals surface area contributed by atoms with Gasteiger partial charge in [-0.3, -0.25) is 18.2 Å². The van der Waals surface area contributed by atoms with Gasteiger partial charge in [-0.15, -0.1) is 20.5 Å². The highest BCUT2D eigenvalue weighted by molar-refractivity contribution is 7.91. The van der Waals surface area contributed by atoms with Crippen molar-refractivity contribution >= 4 is 107 Å². The largest absolute Gasteiger partial charge is 0.506 e. The van der Waals surface area contributed by atoms with Crippen molar-refractivity contribution in [1.29, 1.82) is 0 Å². The van der Waals surface area contributed by atoms with Gasteiger partial charge in [0, 0.05) is 35.1 Å². The molecule has 0 spiro atoms. The van der Waals surface area contributed by atoms with Crippen molar-refractivity contribution in [3.8, 4) is 23.0 Å². The molecule has 5 aromatic carbocycles. The zero-order valence-corrected chi connectivity index (χ0v) is 39.9. The molecule has 0 saturated heterocycles. The van der Waals surface area contributed by atoms with Crippen molar-refractivity contribution in [3.05, 3.63) is 84.9 Å². The topological polar surface area (TPSA) is 423 Å². The van der Waals surface area contributed by atoms with Gasteiger partial charge in [-0.2, -0.15) is 53.0 Å². The molecule has 6 aromatic rings. The number of anilines is 4. The number of para-hydroxylation sites is 1. The Morgan fingerprint density at radius 3 is 1.86 bits per heavy atom. The molecule has 28 nitrogen and oxygen atoms in total. The van der Waals surface area contributed by atoms with Crippen LogP contribution < -0.4 is 19.7 Å². The van der Waals surface area contributed by atoms with Crippen LogP contribution in [0.25, 0.3) is 10.8 Å². The minimum atomic E-state index is -5.54. The first kappa shape index (κ1) is 53.2. The fourth-order valence-electron chi connectivity index (χ4n) is 6.22. The van der Waals surface area contributed by atoms with Crippen LogP contribution in [0.5, 0.6) is 23.0 Å². The lowest BCUT2D eigenvalue weighted by Gasteiger charge is -2.23. The molecule has 0 aliphatic rings. The first-order valence-corrected chi connectivity index (χ1v) is 26.6. The number of nitrogens with zero attached hydrogens (tertiary/aromatic N) is 8. The lowest BCUT2D eigenvalue weighted by atomic mass is 10.1. The average molecular weight is 1090 g/mol. The Morgan fingerprint density at radius 1 is 0.662 bits per heavy atom. The molecule has 71 heavy (non-hydrogen) atoms. The van der Waals surface area contributed by atoms with Gasteiger partial charge in [-0.05, 0) is 48.5 Å². The lowest BCUT2D eigenvalue weighted by molar-refractivity contribution is 0.284. The number of phenolic OH excluding ortho intramolecular Hbond substituents is 2. The molecule has 0 aliphatic carbocycles. The molecule has 6 rings (SSSR count). The van der Waals surface area contributed by atoms with Gasteiger partial charge in [0.2, 0.25) is 11.9 Å². The SMILES string of the molecule is COc1cc(N=Nc2cc(S(=O)(=O)O)ccc2O)c(N=Nc2c(S(=O)(=O)O)cc3c(S(=O)(=O)O)c(Nc4nc(F)nc(N(CCS(=O)(=O)CCOS(=O)(=O)O)c5ccccc5)n4)ccc3c2O)cc1OC. The number of rotatable bonds is 20. The monoisotopic (exact) mass is 1090 g/mol. The molecule has 0 radical (unpaired) electrons. The van der Waals surface area contributed by atoms with Crippen LogP contribution in [0, 0.1) is 6.08 Å². The molecule has 0 unspecified atom stereocenters. The quantitative estimate of drug-likeness (QED) is 0.0377. The molecule has 0 atom stereocenters. The molecule has 34 heteroatoms. The second-order valence-electron chi connectivity index (χ2n) is 14.0. The third-order valence-electron chi connectivity index (χ3n) is 9.37. The molecule has 0 amide bonds. The van der Waals surface area contributed by atoms with Gasteiger partial charge in [0.15, 0.2) is 27.1 Å². The molecule has 7 N–H and O–H groups in total. The summed E-state index contributed by atoms with van der Waals surface area (Å²) in [6.45, 7) is -1.47. The minimum absolute atomic E-state index is 0.00873. The van der Waals surface area contributed by atoms with Gasteiger partial charge >= 0.3 is 16.5 Å². The van der Waals surface area contributed by atoms with E-state index in [2.05, 4.69) is 44.9 Å². The fourth-order valence-corrected chi connectivity index (χ4v) is 9.62. The number of fused-ring (bicyclic) bond motifs is 1. The second kappa shape index (κ2) is 20.7. The van der Waals surface area contributed by atoms with Crippen LogP contribution in [0.1, 0.15) is 0 Å². The van der Waals surface area contributed by atoms with Crippen LogP contribution in [0.15, 0.2) is 114 Å². The highest BCUT2D eigenvalue weighted by atomic mass is 32.3. The zero-order chi connectivity index (χ0) is 52.3. The second-order valence-corrected chi connectivity index (χ2v) is 21.6. The number of azo groups is 2. The van der Waals surface area contributed by atoms with E-state index in [4.69, 9.17) is 14.0 Å². The normalized spacial score (nSPS) is 12.7. The summed E-state index contributed by atoms with van der Waals surface area (Å²) in [6, 6.07) is 14.6. The first-order valence-electron chi connectivity index (χ1n) is 19.1. The Kier molecular flexibility index (Phi) is 15.5. The van der Waals surface area contributed by atoms with Crippen LogP contribution in [-0.2, 0) is 54.8 Å². The van der Waals surface area contributed by atoms with Gasteiger partial charge in [0.25, 0.3) is 30.4 Å². The van der Waals surface area contributed by atoms with E-state index in [1.165, 1.54) is 38.5 Å². The van der Waals surface area contributed by atoms with E-state index < -0.39 is 147 Å². The van der Waals surface area contributed by atoms with Gasteiger partial charge < -0.3 is 29.9 Å². The number of nitrogens with one attached hydrogen (secondary N) is 1. The van der Waals surface area contributed by atoms with Crippen LogP contribution in [0.2, 0.25) is 0 Å². The van der Waals surface area contributed by atoms with E-state index in [0.717, 1.165) is 47.4 Å². The summed E-state index contributed by atoms with van der Waals surface area (Å²) >= 11 is 0. The third-order valence-corrected chi connectivity index (χ3v) is 14.1. The standard InChI is InChI=1S/C37H34FN9O19S5/c1-64-29-18-25(43-45-27-16-21(68(52,53)54)8-11-28(27)48)26(19-30(29)65-2)44-46-32-31(69(55,56)57)17-23-22(33(32)49)9-10-24(34(23)70(58,59)60)39-36-40-35(38)41-37(42-36)47(20-6-4-3-5-7-20)12-14-67(50,51)15-13-66-71(61,62)63/h3-11,16-19,48-49H,12-15H2,1-2H3,(H,52,53,54)(H,55,56,57)(H,58,59,60)(H,61,62,63)(H,39,40,41,42). The summed E-state index contributed by atoms with van der Waals surface area (Å²) in [7, 11) is -22.5. The van der Waals surface area contributed by atoms with Crippen molar-refractivity contribution in [2.75, 3.05) is 49.1 Å². The Hall–Kier alpha value is -7.15. The molecule has 0 bridgehead atoms. The Labute approximate surface area is 401 Å². The van der Waals surface area contributed by atoms with Crippen molar-refractivity contribution in [3.63, 3.8) is 0 Å². The first-order chi connectivity index (χ1) is 33.1. The highest BCUT2D eigenvalue weighted by Crippen LogP contribution is 2.47. The maximum atomic E-state index is 15.2. The number of ether oxygens (including phenoxy) is 2. The molecule has 1 heterocycles. The Bertz CT molecular complexity index is 3710. The van der Waals surface area contributed by atoms with Crippen LogP contribution in [0.3, 0.4) is 0 Å². The molecule has 0 saturated carbocycles. The van der Waals surface area contributed by atoms with Gasteiger partial charge in [0.05, 0.1) is 42.9 Å². The summed E-state index contributed by atoms with van der Waals surface area (Å²) < 4.78 is 192. The predicted octanol–water partition coefficient (Wildman–Crippen LogP) is 5.28. The number of methoxy groups -OCH3 is 2. The number of aromatic nitrogens is 3. The summed E-state index contributed by atoms with van der Waals surface area (Å²) in [5, 5.41) is 38.2.